The highest BCUT2D eigenvalue weighted by atomic mass is 15.2. The maximum absolute atomic E-state index is 2.54. The van der Waals surface area contributed by atoms with Gasteiger partial charge in [-0.05, 0) is 138 Å². The third kappa shape index (κ3) is 6.34. The number of fused-ring (bicyclic) bond motifs is 12. The number of hydrogen-bond donors (Lipinski definition) is 0. The van der Waals surface area contributed by atoms with Gasteiger partial charge < -0.3 is 9.80 Å². The molecule has 0 saturated carbocycles. The molecular weight excluding hydrogens is 917 g/mol. The van der Waals surface area contributed by atoms with Crippen molar-refractivity contribution in [2.24, 2.45) is 0 Å². The Morgan fingerprint density at radius 1 is 0.250 bits per heavy atom. The summed E-state index contributed by atoms with van der Waals surface area (Å²) >= 11 is 0. The molecular formula is C74H50N2. The van der Waals surface area contributed by atoms with Crippen molar-refractivity contribution < 1.29 is 0 Å². The Balaban J connectivity index is 1.01. The smallest absolute Gasteiger partial charge is 0.0755 e. The minimum Gasteiger partial charge on any atom is -0.310 e. The van der Waals surface area contributed by atoms with Crippen LogP contribution in [0.25, 0.3) is 44.5 Å². The molecule has 0 N–H and O–H groups in total. The molecule has 0 fully saturated rings. The van der Waals surface area contributed by atoms with E-state index in [1.54, 1.807) is 0 Å². The third-order valence-corrected chi connectivity index (χ3v) is 16.5. The molecule has 1 heterocycles. The highest BCUT2D eigenvalue weighted by molar-refractivity contribution is 5.98. The lowest BCUT2D eigenvalue weighted by atomic mass is 9.64. The first kappa shape index (κ1) is 43.8. The molecule has 1 aliphatic heterocycles. The van der Waals surface area contributed by atoms with Gasteiger partial charge in [0.1, 0.15) is 0 Å². The fourth-order valence-corrected chi connectivity index (χ4v) is 13.5. The van der Waals surface area contributed by atoms with Crippen LogP contribution in [0.1, 0.15) is 44.5 Å². The summed E-state index contributed by atoms with van der Waals surface area (Å²) < 4.78 is 0. The van der Waals surface area contributed by atoms with Gasteiger partial charge >= 0.3 is 0 Å². The summed E-state index contributed by atoms with van der Waals surface area (Å²) in [5, 5.41) is 0. The van der Waals surface area contributed by atoms with Gasteiger partial charge in [0.2, 0.25) is 0 Å². The van der Waals surface area contributed by atoms with Crippen molar-refractivity contribution in [1.82, 2.24) is 0 Å². The summed E-state index contributed by atoms with van der Waals surface area (Å²) in [4.78, 5) is 5.00. The Kier molecular flexibility index (Phi) is 10.0. The molecule has 0 amide bonds. The van der Waals surface area contributed by atoms with Crippen molar-refractivity contribution >= 4 is 34.1 Å². The van der Waals surface area contributed by atoms with E-state index in [-0.39, 0.29) is 0 Å². The molecule has 356 valence electrons. The molecule has 15 rings (SSSR count). The lowest BCUT2D eigenvalue weighted by Gasteiger charge is -2.45. The van der Waals surface area contributed by atoms with Gasteiger partial charge in [0.05, 0.1) is 27.9 Å². The Morgan fingerprint density at radius 2 is 0.632 bits per heavy atom. The number of hydrogen-bond acceptors (Lipinski definition) is 2. The minimum atomic E-state index is -0.631. The number of nitrogens with zero attached hydrogens (tertiary/aromatic N) is 2. The molecule has 12 aromatic carbocycles. The first-order valence-corrected chi connectivity index (χ1v) is 26.4. The Labute approximate surface area is 444 Å². The minimum absolute atomic E-state index is 0.577. The van der Waals surface area contributed by atoms with E-state index in [0.29, 0.717) is 0 Å². The lowest BCUT2D eigenvalue weighted by Crippen LogP contribution is -2.36. The number of para-hydroxylation sites is 4. The fraction of sp³-hybridized carbons (Fsp3) is 0.0270. The molecule has 12 aromatic rings. The standard InChI is InChI=1S/C74H50N2/c1-5-23-51(24-6-1)52-41-43-53(44-42-52)59-31-15-20-38-70(59)75(57-45-47-62-60-32-13-16-34-64(60)73(68(62)49-57,54-25-7-2-8-26-54)55-27-9-3-10-28-55)58-46-48-63-61-33-14-17-35-65(61)74(69(63)50-58)66-36-18-21-39-71(66)76(56-29-11-4-12-30-56)72-40-22-19-37-67(72)74/h1-50H. The van der Waals surface area contributed by atoms with Crippen molar-refractivity contribution in [3.63, 3.8) is 0 Å². The molecule has 0 atom stereocenters. The number of anilines is 6. The second-order valence-corrected chi connectivity index (χ2v) is 20.3. The Morgan fingerprint density at radius 3 is 1.18 bits per heavy atom. The monoisotopic (exact) mass is 966 g/mol. The Hall–Kier alpha value is -9.76. The predicted octanol–water partition coefficient (Wildman–Crippen LogP) is 19.0. The van der Waals surface area contributed by atoms with Gasteiger partial charge in [0.15, 0.2) is 0 Å². The topological polar surface area (TPSA) is 6.48 Å². The first-order chi connectivity index (χ1) is 37.7. The van der Waals surface area contributed by atoms with Crippen molar-refractivity contribution in [3.05, 3.63) is 348 Å². The van der Waals surface area contributed by atoms with Crippen LogP contribution in [0.4, 0.5) is 34.1 Å². The summed E-state index contributed by atoms with van der Waals surface area (Å²) in [5.41, 5.74) is 25.4. The van der Waals surface area contributed by atoms with E-state index in [1.165, 1.54) is 89.3 Å². The SMILES string of the molecule is c1ccc(-c2ccc(-c3ccccc3N(c3ccc4c(c3)C(c3ccccc3)(c3ccccc3)c3ccccc3-4)c3ccc4c(c3)C3(c5ccccc5-4)c4ccccc4N(c4ccccc4)c4ccccc43)cc2)cc1. The maximum Gasteiger partial charge on any atom is 0.0755 e. The van der Waals surface area contributed by atoms with Gasteiger partial charge in [-0.25, -0.2) is 0 Å². The predicted molar refractivity (Wildman–Crippen MR) is 315 cm³/mol. The number of benzene rings is 12. The Bertz CT molecular complexity index is 4080. The van der Waals surface area contributed by atoms with Crippen molar-refractivity contribution in [2.75, 3.05) is 9.80 Å². The van der Waals surface area contributed by atoms with E-state index < -0.39 is 10.8 Å². The maximum atomic E-state index is 2.54. The van der Waals surface area contributed by atoms with Crippen LogP contribution in [0.15, 0.2) is 303 Å². The molecule has 2 nitrogen and oxygen atoms in total. The molecule has 0 radical (unpaired) electrons. The summed E-state index contributed by atoms with van der Waals surface area (Å²) in [6.45, 7) is 0. The molecule has 2 aliphatic carbocycles. The van der Waals surface area contributed by atoms with E-state index in [2.05, 4.69) is 313 Å². The molecule has 76 heavy (non-hydrogen) atoms. The van der Waals surface area contributed by atoms with E-state index in [0.717, 1.165) is 33.9 Å². The van der Waals surface area contributed by atoms with Gasteiger partial charge in [-0.3, -0.25) is 0 Å². The normalized spacial score (nSPS) is 13.7. The summed E-state index contributed by atoms with van der Waals surface area (Å²) in [6, 6.07) is 113. The second-order valence-electron chi connectivity index (χ2n) is 20.3. The number of rotatable bonds is 8. The van der Waals surface area contributed by atoms with Crippen LogP contribution in [0.5, 0.6) is 0 Å². The second kappa shape index (κ2) is 17.4. The van der Waals surface area contributed by atoms with Crippen molar-refractivity contribution in [1.29, 1.82) is 0 Å². The highest BCUT2D eigenvalue weighted by Crippen LogP contribution is 2.64. The van der Waals surface area contributed by atoms with Gasteiger partial charge in [0, 0.05) is 22.6 Å². The van der Waals surface area contributed by atoms with Crippen molar-refractivity contribution in [3.8, 4) is 44.5 Å². The highest BCUT2D eigenvalue weighted by Gasteiger charge is 2.52. The average Bonchev–Trinajstić information content (AvgIpc) is 4.19. The molecule has 0 unspecified atom stereocenters. The molecule has 1 spiro atoms. The van der Waals surface area contributed by atoms with E-state index in [1.807, 2.05) is 0 Å². The van der Waals surface area contributed by atoms with Crippen LogP contribution in [-0.2, 0) is 10.8 Å². The zero-order valence-electron chi connectivity index (χ0n) is 41.8. The zero-order valence-corrected chi connectivity index (χ0v) is 41.8. The average molecular weight is 967 g/mol. The van der Waals surface area contributed by atoms with Gasteiger partial charge in [-0.15, -0.1) is 0 Å². The molecule has 0 aromatic heterocycles. The quantitative estimate of drug-likeness (QED) is 0.150. The first-order valence-electron chi connectivity index (χ1n) is 26.4. The van der Waals surface area contributed by atoms with E-state index >= 15 is 0 Å². The fourth-order valence-electron chi connectivity index (χ4n) is 13.5. The van der Waals surface area contributed by atoms with E-state index in [9.17, 15) is 0 Å². The van der Waals surface area contributed by atoms with Crippen LogP contribution in [0, 0.1) is 0 Å². The largest absolute Gasteiger partial charge is 0.310 e. The van der Waals surface area contributed by atoms with Gasteiger partial charge in [-0.1, -0.05) is 249 Å². The third-order valence-electron chi connectivity index (χ3n) is 16.5. The molecule has 0 bridgehead atoms. The van der Waals surface area contributed by atoms with E-state index in [4.69, 9.17) is 0 Å². The summed E-state index contributed by atoms with van der Waals surface area (Å²) in [5.74, 6) is 0. The van der Waals surface area contributed by atoms with Gasteiger partial charge in [0.25, 0.3) is 0 Å². The van der Waals surface area contributed by atoms with Crippen LogP contribution < -0.4 is 9.80 Å². The van der Waals surface area contributed by atoms with Crippen LogP contribution in [-0.4, -0.2) is 0 Å². The van der Waals surface area contributed by atoms with Crippen LogP contribution in [0.2, 0.25) is 0 Å². The lowest BCUT2D eigenvalue weighted by molar-refractivity contribution is 0.752. The van der Waals surface area contributed by atoms with Crippen LogP contribution >= 0.6 is 0 Å². The molecule has 0 saturated heterocycles. The summed E-state index contributed by atoms with van der Waals surface area (Å²) in [6.07, 6.45) is 0. The molecule has 2 heteroatoms. The molecule has 3 aliphatic rings. The zero-order chi connectivity index (χ0) is 50.2. The van der Waals surface area contributed by atoms with Gasteiger partial charge in [-0.2, -0.15) is 0 Å². The summed E-state index contributed by atoms with van der Waals surface area (Å²) in [7, 11) is 0. The van der Waals surface area contributed by atoms with Crippen molar-refractivity contribution in [2.45, 2.75) is 10.8 Å². The van der Waals surface area contributed by atoms with Crippen LogP contribution in [0.3, 0.4) is 0 Å².